The summed E-state index contributed by atoms with van der Waals surface area (Å²) in [5.74, 6) is -0.179. The molecule has 2 aromatic carbocycles. The van der Waals surface area contributed by atoms with E-state index in [1.54, 1.807) is 26.2 Å². The number of ether oxygens (including phenoxy) is 2. The summed E-state index contributed by atoms with van der Waals surface area (Å²) < 4.78 is 10.5. The summed E-state index contributed by atoms with van der Waals surface area (Å²) in [5.41, 5.74) is 4.09. The van der Waals surface area contributed by atoms with Crippen molar-refractivity contribution in [2.24, 2.45) is 0 Å². The van der Waals surface area contributed by atoms with E-state index < -0.39 is 12.1 Å². The lowest BCUT2D eigenvalue weighted by Gasteiger charge is -2.15. The topological polar surface area (TPSA) is 64.6 Å². The third-order valence-electron chi connectivity index (χ3n) is 4.57. The molecule has 0 fully saturated rings. The predicted molar refractivity (Wildman–Crippen MR) is 99.3 cm³/mol. The second-order valence-electron chi connectivity index (χ2n) is 6.45. The van der Waals surface area contributed by atoms with E-state index in [-0.39, 0.29) is 12.3 Å². The van der Waals surface area contributed by atoms with E-state index in [0.29, 0.717) is 5.75 Å². The van der Waals surface area contributed by atoms with Crippen molar-refractivity contribution in [2.45, 2.75) is 38.7 Å². The maximum Gasteiger partial charge on any atom is 0.311 e. The van der Waals surface area contributed by atoms with E-state index in [1.807, 2.05) is 24.3 Å². The largest absolute Gasteiger partial charge is 0.496 e. The summed E-state index contributed by atoms with van der Waals surface area (Å²) in [6.45, 7) is 1.57. The van der Waals surface area contributed by atoms with Gasteiger partial charge in [-0.1, -0.05) is 24.3 Å². The first-order valence-corrected chi connectivity index (χ1v) is 8.81. The maximum absolute atomic E-state index is 12.3. The van der Waals surface area contributed by atoms with Crippen LogP contribution in [0, 0.1) is 0 Å². The zero-order valence-electron chi connectivity index (χ0n) is 15.1. The second kappa shape index (κ2) is 8.04. The van der Waals surface area contributed by atoms with Crippen LogP contribution in [0.4, 0.5) is 5.69 Å². The number of fused-ring (bicyclic) bond motifs is 1. The molecule has 3 rings (SSSR count). The molecule has 0 aromatic heterocycles. The van der Waals surface area contributed by atoms with Crippen LogP contribution in [0.5, 0.6) is 5.75 Å². The Morgan fingerprint density at radius 2 is 1.88 bits per heavy atom. The van der Waals surface area contributed by atoms with E-state index in [1.165, 1.54) is 11.1 Å². The molecule has 26 heavy (non-hydrogen) atoms. The fourth-order valence-electron chi connectivity index (χ4n) is 3.19. The van der Waals surface area contributed by atoms with E-state index in [4.69, 9.17) is 9.47 Å². The van der Waals surface area contributed by atoms with Gasteiger partial charge in [-0.25, -0.2) is 0 Å². The van der Waals surface area contributed by atoms with Gasteiger partial charge in [0.2, 0.25) is 0 Å². The zero-order valence-corrected chi connectivity index (χ0v) is 15.1. The highest BCUT2D eigenvalue weighted by Gasteiger charge is 2.20. The first-order chi connectivity index (χ1) is 12.6. The number of hydrogen-bond donors (Lipinski definition) is 1. The number of para-hydroxylation sites is 1. The van der Waals surface area contributed by atoms with Crippen LogP contribution in [-0.4, -0.2) is 25.1 Å². The molecular formula is C21H23NO4. The molecule has 0 radical (unpaired) electrons. The van der Waals surface area contributed by atoms with Crippen LogP contribution in [0.1, 0.15) is 30.0 Å². The molecule has 2 aromatic rings. The van der Waals surface area contributed by atoms with E-state index >= 15 is 0 Å². The van der Waals surface area contributed by atoms with Crippen LogP contribution in [0.25, 0.3) is 0 Å². The Kier molecular flexibility index (Phi) is 5.56. The number of nitrogens with one attached hydrogen (secondary N) is 1. The van der Waals surface area contributed by atoms with Crippen LogP contribution in [0.3, 0.4) is 0 Å². The van der Waals surface area contributed by atoms with Crippen LogP contribution < -0.4 is 10.1 Å². The highest BCUT2D eigenvalue weighted by molar-refractivity contribution is 5.95. The van der Waals surface area contributed by atoms with Gasteiger partial charge >= 0.3 is 5.97 Å². The van der Waals surface area contributed by atoms with Crippen molar-refractivity contribution in [1.82, 2.24) is 0 Å². The number of aryl methyl sites for hydroxylation is 2. The number of esters is 1. The number of benzene rings is 2. The molecule has 1 amide bonds. The Bertz CT molecular complexity index is 815. The van der Waals surface area contributed by atoms with Crippen LogP contribution >= 0.6 is 0 Å². The molecule has 5 heteroatoms. The summed E-state index contributed by atoms with van der Waals surface area (Å²) >= 11 is 0. The van der Waals surface area contributed by atoms with Gasteiger partial charge < -0.3 is 14.8 Å². The Morgan fingerprint density at radius 1 is 1.12 bits per heavy atom. The summed E-state index contributed by atoms with van der Waals surface area (Å²) in [6, 6.07) is 13.2. The van der Waals surface area contributed by atoms with Crippen molar-refractivity contribution < 1.29 is 19.1 Å². The average Bonchev–Trinajstić information content (AvgIpc) is 3.09. The molecular weight excluding hydrogens is 330 g/mol. The first kappa shape index (κ1) is 18.0. The summed E-state index contributed by atoms with van der Waals surface area (Å²) in [5, 5.41) is 2.82. The van der Waals surface area contributed by atoms with Crippen molar-refractivity contribution >= 4 is 17.6 Å². The van der Waals surface area contributed by atoms with Crippen molar-refractivity contribution in [3.05, 3.63) is 59.2 Å². The van der Waals surface area contributed by atoms with Crippen molar-refractivity contribution in [1.29, 1.82) is 0 Å². The molecule has 1 atom stereocenters. The Hall–Kier alpha value is -2.82. The van der Waals surface area contributed by atoms with Gasteiger partial charge in [-0.15, -0.1) is 0 Å². The standard InChI is InChI=1S/C21H23NO4/c1-14(26-20(23)13-17-6-3-4-9-19(17)25-2)21(24)22-18-11-10-15-7-5-8-16(15)12-18/h3-4,6,9-12,14H,5,7-8,13H2,1-2H3,(H,22,24)/t14-/m1/s1. The van der Waals surface area contributed by atoms with Gasteiger partial charge in [0.25, 0.3) is 5.91 Å². The highest BCUT2D eigenvalue weighted by Crippen LogP contribution is 2.25. The third-order valence-corrected chi connectivity index (χ3v) is 4.57. The highest BCUT2D eigenvalue weighted by atomic mass is 16.5. The number of hydrogen-bond acceptors (Lipinski definition) is 4. The monoisotopic (exact) mass is 353 g/mol. The van der Waals surface area contributed by atoms with E-state index in [2.05, 4.69) is 11.4 Å². The van der Waals surface area contributed by atoms with E-state index in [9.17, 15) is 9.59 Å². The van der Waals surface area contributed by atoms with Crippen LogP contribution in [0.15, 0.2) is 42.5 Å². The number of anilines is 1. The number of methoxy groups -OCH3 is 1. The Morgan fingerprint density at radius 3 is 2.69 bits per heavy atom. The van der Waals surface area contributed by atoms with Crippen LogP contribution in [0.2, 0.25) is 0 Å². The molecule has 0 heterocycles. The molecule has 136 valence electrons. The molecule has 1 N–H and O–H groups in total. The SMILES string of the molecule is COc1ccccc1CC(=O)O[C@H](C)C(=O)Nc1ccc2c(c1)CCC2. The smallest absolute Gasteiger partial charge is 0.311 e. The van der Waals surface area contributed by atoms with Gasteiger partial charge in [-0.2, -0.15) is 0 Å². The molecule has 1 aliphatic carbocycles. The van der Waals surface area contributed by atoms with Gasteiger partial charge in [0, 0.05) is 11.3 Å². The number of carbonyl (C=O) groups is 2. The molecule has 0 saturated heterocycles. The lowest BCUT2D eigenvalue weighted by molar-refractivity contribution is -0.152. The second-order valence-corrected chi connectivity index (χ2v) is 6.45. The fraction of sp³-hybridized carbons (Fsp3) is 0.333. The average molecular weight is 353 g/mol. The molecule has 0 unspecified atom stereocenters. The lowest BCUT2D eigenvalue weighted by atomic mass is 10.1. The van der Waals surface area contributed by atoms with Crippen molar-refractivity contribution in [3.63, 3.8) is 0 Å². The van der Waals surface area contributed by atoms with Gasteiger partial charge in [0.1, 0.15) is 5.75 Å². The minimum Gasteiger partial charge on any atom is -0.496 e. The zero-order chi connectivity index (χ0) is 18.5. The van der Waals surface area contributed by atoms with Gasteiger partial charge in [0.05, 0.1) is 13.5 Å². The minimum absolute atomic E-state index is 0.0560. The minimum atomic E-state index is -0.870. The molecule has 0 bridgehead atoms. The quantitative estimate of drug-likeness (QED) is 0.810. The molecule has 1 aliphatic rings. The molecule has 0 spiro atoms. The summed E-state index contributed by atoms with van der Waals surface area (Å²) in [4.78, 5) is 24.5. The fourth-order valence-corrected chi connectivity index (χ4v) is 3.19. The number of carbonyl (C=O) groups excluding carboxylic acids is 2. The van der Waals surface area contributed by atoms with Gasteiger partial charge in [0.15, 0.2) is 6.10 Å². The van der Waals surface area contributed by atoms with Crippen molar-refractivity contribution in [3.8, 4) is 5.75 Å². The van der Waals surface area contributed by atoms with E-state index in [0.717, 1.165) is 30.5 Å². The van der Waals surface area contributed by atoms with Gasteiger partial charge in [-0.3, -0.25) is 9.59 Å². The maximum atomic E-state index is 12.3. The first-order valence-electron chi connectivity index (χ1n) is 8.81. The number of amides is 1. The number of rotatable bonds is 6. The van der Waals surface area contributed by atoms with Gasteiger partial charge in [-0.05, 0) is 55.5 Å². The molecule has 0 aliphatic heterocycles. The Balaban J connectivity index is 1.56. The normalized spacial score (nSPS) is 13.6. The summed E-state index contributed by atoms with van der Waals surface area (Å²) in [7, 11) is 1.55. The third kappa shape index (κ3) is 4.23. The molecule has 0 saturated carbocycles. The summed E-state index contributed by atoms with van der Waals surface area (Å²) in [6.07, 6.45) is 2.48. The van der Waals surface area contributed by atoms with Crippen molar-refractivity contribution in [2.75, 3.05) is 12.4 Å². The van der Waals surface area contributed by atoms with Crippen LogP contribution in [-0.2, 0) is 33.6 Å². The predicted octanol–water partition coefficient (Wildman–Crippen LogP) is 3.30. The Labute approximate surface area is 153 Å². The lowest BCUT2D eigenvalue weighted by Crippen LogP contribution is -2.30. The molecule has 5 nitrogen and oxygen atoms in total.